The highest BCUT2D eigenvalue weighted by Crippen LogP contribution is 2.47. The lowest BCUT2D eigenvalue weighted by Gasteiger charge is -2.29. The second kappa shape index (κ2) is 9.87. The van der Waals surface area contributed by atoms with E-state index in [1.165, 1.54) is 12.4 Å². The summed E-state index contributed by atoms with van der Waals surface area (Å²) in [6.45, 7) is 0. The summed E-state index contributed by atoms with van der Waals surface area (Å²) in [5.74, 6) is 0.775. The first-order valence-corrected chi connectivity index (χ1v) is 13.6. The van der Waals surface area contributed by atoms with Gasteiger partial charge in [0, 0.05) is 36.5 Å². The molecular weight excluding hydrogens is 504 g/mol. The molecule has 0 spiro atoms. The molecule has 3 aliphatic carbocycles. The van der Waals surface area contributed by atoms with Gasteiger partial charge in [0.1, 0.15) is 16.4 Å². The van der Waals surface area contributed by atoms with Crippen LogP contribution in [-0.4, -0.2) is 43.4 Å². The first-order chi connectivity index (χ1) is 18.4. The van der Waals surface area contributed by atoms with Crippen LogP contribution in [0.1, 0.15) is 68.3 Å². The van der Waals surface area contributed by atoms with E-state index >= 15 is 0 Å². The second-order valence-electron chi connectivity index (χ2n) is 10.7. The summed E-state index contributed by atoms with van der Waals surface area (Å²) >= 11 is 5.96. The zero-order valence-electron chi connectivity index (χ0n) is 20.9. The zero-order valence-corrected chi connectivity index (χ0v) is 21.7. The van der Waals surface area contributed by atoms with Gasteiger partial charge in [0.2, 0.25) is 0 Å². The number of imidazole rings is 1. The van der Waals surface area contributed by atoms with Crippen molar-refractivity contribution in [3.63, 3.8) is 0 Å². The largest absolute Gasteiger partial charge is 0.379 e. The summed E-state index contributed by atoms with van der Waals surface area (Å²) < 4.78 is 1.58. The molecule has 1 amide bonds. The van der Waals surface area contributed by atoms with Crippen LogP contribution in [0.2, 0.25) is 5.15 Å². The quantitative estimate of drug-likeness (QED) is 0.333. The van der Waals surface area contributed by atoms with Crippen molar-refractivity contribution in [1.82, 2.24) is 19.6 Å². The first-order valence-electron chi connectivity index (χ1n) is 13.2. The van der Waals surface area contributed by atoms with Gasteiger partial charge in [-0.25, -0.2) is 14.5 Å². The van der Waals surface area contributed by atoms with Crippen LogP contribution in [-0.2, 0) is 4.79 Å². The molecule has 38 heavy (non-hydrogen) atoms. The van der Waals surface area contributed by atoms with E-state index in [9.17, 15) is 14.9 Å². The molecular formula is C27H29ClN8O2. The van der Waals surface area contributed by atoms with Crippen molar-refractivity contribution < 1.29 is 9.59 Å². The SMILES string of the molecule is N#CC1(C(=O)CC2CCC(Nc3cc(NC4CC4)c4ncc(C(=O)Nc5ccnc(Cl)c5)n4n3)CC2)CC1. The van der Waals surface area contributed by atoms with Crippen LogP contribution in [0.25, 0.3) is 5.65 Å². The number of aromatic nitrogens is 4. The summed E-state index contributed by atoms with van der Waals surface area (Å²) in [5.41, 5.74) is 1.59. The number of nitrogens with zero attached hydrogens (tertiary/aromatic N) is 5. The van der Waals surface area contributed by atoms with Gasteiger partial charge in [-0.1, -0.05) is 11.6 Å². The maximum atomic E-state index is 13.1. The Labute approximate surface area is 225 Å². The number of carbonyl (C=O) groups excluding carboxylic acids is 2. The zero-order chi connectivity index (χ0) is 26.3. The summed E-state index contributed by atoms with van der Waals surface area (Å²) in [6.07, 6.45) is 10.9. The Morgan fingerprint density at radius 2 is 1.82 bits per heavy atom. The maximum absolute atomic E-state index is 13.1. The third-order valence-electron chi connectivity index (χ3n) is 7.79. The number of amides is 1. The van der Waals surface area contributed by atoms with E-state index in [1.54, 1.807) is 16.6 Å². The van der Waals surface area contributed by atoms with Crippen molar-refractivity contribution in [3.05, 3.63) is 41.4 Å². The van der Waals surface area contributed by atoms with E-state index in [-0.39, 0.29) is 22.9 Å². The van der Waals surface area contributed by atoms with Gasteiger partial charge < -0.3 is 16.0 Å². The highest BCUT2D eigenvalue weighted by Gasteiger charge is 2.50. The molecule has 0 atom stereocenters. The van der Waals surface area contributed by atoms with E-state index in [2.05, 4.69) is 32.0 Å². The fourth-order valence-corrected chi connectivity index (χ4v) is 5.35. The molecule has 0 unspecified atom stereocenters. The molecule has 10 nitrogen and oxygen atoms in total. The normalized spacial score (nSPS) is 21.9. The number of halogens is 1. The molecule has 0 radical (unpaired) electrons. The van der Waals surface area contributed by atoms with Crippen LogP contribution < -0.4 is 16.0 Å². The number of anilines is 3. The average molecular weight is 533 g/mol. The lowest BCUT2D eigenvalue weighted by atomic mass is 9.81. The topological polar surface area (TPSA) is 137 Å². The molecule has 3 fully saturated rings. The van der Waals surface area contributed by atoms with Crippen LogP contribution in [0, 0.1) is 22.7 Å². The Hall–Kier alpha value is -3.71. The molecule has 3 aliphatic rings. The van der Waals surface area contributed by atoms with Gasteiger partial charge in [-0.3, -0.25) is 9.59 Å². The minimum absolute atomic E-state index is 0.124. The molecule has 0 bridgehead atoms. The van der Waals surface area contributed by atoms with Crippen molar-refractivity contribution in [3.8, 4) is 6.07 Å². The second-order valence-corrected chi connectivity index (χ2v) is 11.1. The van der Waals surface area contributed by atoms with E-state index in [1.807, 2.05) is 6.07 Å². The predicted octanol–water partition coefficient (Wildman–Crippen LogP) is 4.84. The molecule has 11 heteroatoms. The Bertz CT molecular complexity index is 1430. The summed E-state index contributed by atoms with van der Waals surface area (Å²) in [7, 11) is 0. The van der Waals surface area contributed by atoms with Crippen molar-refractivity contribution in [2.24, 2.45) is 11.3 Å². The van der Waals surface area contributed by atoms with Gasteiger partial charge in [-0.05, 0) is 69.4 Å². The molecule has 3 aromatic heterocycles. The van der Waals surface area contributed by atoms with Gasteiger partial charge in [0.05, 0.1) is 18.0 Å². The number of pyridine rings is 1. The van der Waals surface area contributed by atoms with Crippen molar-refractivity contribution >= 4 is 46.1 Å². The number of ketones is 1. The van der Waals surface area contributed by atoms with Crippen LogP contribution in [0.5, 0.6) is 0 Å². The highest BCUT2D eigenvalue weighted by atomic mass is 35.5. The molecule has 196 valence electrons. The summed E-state index contributed by atoms with van der Waals surface area (Å²) in [4.78, 5) is 34.1. The Kier molecular flexibility index (Phi) is 6.40. The number of carbonyl (C=O) groups is 2. The number of nitriles is 1. The van der Waals surface area contributed by atoms with E-state index in [4.69, 9.17) is 16.7 Å². The molecule has 0 saturated heterocycles. The molecule has 0 aliphatic heterocycles. The van der Waals surface area contributed by atoms with E-state index in [0.29, 0.717) is 41.2 Å². The minimum atomic E-state index is -0.683. The molecule has 0 aromatic carbocycles. The number of hydrogen-bond acceptors (Lipinski definition) is 8. The lowest BCUT2D eigenvalue weighted by Crippen LogP contribution is -2.29. The Balaban J connectivity index is 1.17. The number of Topliss-reactive ketones (excluding diaryl/α,β-unsaturated/α-hetero) is 1. The van der Waals surface area contributed by atoms with Crippen LogP contribution in [0.4, 0.5) is 17.2 Å². The van der Waals surface area contributed by atoms with E-state index < -0.39 is 5.41 Å². The molecule has 3 heterocycles. The maximum Gasteiger partial charge on any atom is 0.276 e. The van der Waals surface area contributed by atoms with Gasteiger partial charge in [0.15, 0.2) is 17.1 Å². The molecule has 3 N–H and O–H groups in total. The first kappa shape index (κ1) is 24.6. The van der Waals surface area contributed by atoms with Gasteiger partial charge >= 0.3 is 0 Å². The van der Waals surface area contributed by atoms with Gasteiger partial charge in [0.25, 0.3) is 5.91 Å². The minimum Gasteiger partial charge on any atom is -0.379 e. The van der Waals surface area contributed by atoms with Gasteiger partial charge in [-0.2, -0.15) is 5.26 Å². The molecule has 3 saturated carbocycles. The fourth-order valence-electron chi connectivity index (χ4n) is 5.18. The average Bonchev–Trinajstić information content (AvgIpc) is 3.83. The van der Waals surface area contributed by atoms with Crippen molar-refractivity contribution in [2.45, 2.75) is 69.9 Å². The van der Waals surface area contributed by atoms with Gasteiger partial charge in [-0.15, -0.1) is 5.10 Å². The van der Waals surface area contributed by atoms with Crippen LogP contribution >= 0.6 is 11.6 Å². The smallest absolute Gasteiger partial charge is 0.276 e. The Morgan fingerprint density at radius 1 is 1.08 bits per heavy atom. The monoisotopic (exact) mass is 532 g/mol. The van der Waals surface area contributed by atoms with Crippen molar-refractivity contribution in [2.75, 3.05) is 16.0 Å². The lowest BCUT2D eigenvalue weighted by molar-refractivity contribution is -0.123. The standard InChI is InChI=1S/C27H29ClN8O2/c28-23-12-19(7-10-30-23)34-26(38)21-14-31-25-20(32-17-5-6-17)13-24(35-36(21)25)33-18-3-1-16(2-4-18)11-22(37)27(15-29)8-9-27/h7,10,12-14,16-18,32H,1-6,8-9,11H2,(H,33,35)(H,30,34,38). The number of rotatable bonds is 9. The summed E-state index contributed by atoms with van der Waals surface area (Å²) in [5, 5.41) is 24.2. The Morgan fingerprint density at radius 3 is 2.50 bits per heavy atom. The van der Waals surface area contributed by atoms with Crippen LogP contribution in [0.3, 0.4) is 0 Å². The van der Waals surface area contributed by atoms with Crippen LogP contribution in [0.15, 0.2) is 30.6 Å². The summed E-state index contributed by atoms with van der Waals surface area (Å²) in [6, 6.07) is 8.05. The number of fused-ring (bicyclic) bond motifs is 1. The number of nitrogens with one attached hydrogen (secondary N) is 3. The molecule has 6 rings (SSSR count). The number of hydrogen-bond donors (Lipinski definition) is 3. The predicted molar refractivity (Wildman–Crippen MR) is 143 cm³/mol. The highest BCUT2D eigenvalue weighted by molar-refractivity contribution is 6.29. The third kappa shape index (κ3) is 5.16. The van der Waals surface area contributed by atoms with Crippen molar-refractivity contribution in [1.29, 1.82) is 5.26 Å². The van der Waals surface area contributed by atoms with E-state index in [0.717, 1.165) is 57.1 Å². The fraction of sp³-hybridized carbons (Fsp3) is 0.481. The molecule has 3 aromatic rings. The third-order valence-corrected chi connectivity index (χ3v) is 8.00.